The van der Waals surface area contributed by atoms with E-state index < -0.39 is 0 Å². The summed E-state index contributed by atoms with van der Waals surface area (Å²) in [5, 5.41) is 0. The highest BCUT2D eigenvalue weighted by molar-refractivity contribution is 5.15. The monoisotopic (exact) mass is 256 g/mol. The van der Waals surface area contributed by atoms with Gasteiger partial charge in [-0.25, -0.2) is 4.98 Å². The van der Waals surface area contributed by atoms with Gasteiger partial charge in [-0.2, -0.15) is 0 Å². The minimum atomic E-state index is 0.521. The number of aromatic nitrogens is 2. The Kier molecular flexibility index (Phi) is 4.78. The van der Waals surface area contributed by atoms with Crippen LogP contribution >= 0.6 is 0 Å². The summed E-state index contributed by atoms with van der Waals surface area (Å²) < 4.78 is 2.28. The van der Waals surface area contributed by atoms with Crippen molar-refractivity contribution in [1.29, 1.82) is 0 Å². The molecule has 0 spiro atoms. The summed E-state index contributed by atoms with van der Waals surface area (Å²) in [6.45, 7) is 6.90. The molecule has 0 aliphatic rings. The van der Waals surface area contributed by atoms with Gasteiger partial charge in [0.2, 0.25) is 0 Å². The maximum Gasteiger partial charge on any atom is 0.0948 e. The lowest BCUT2D eigenvalue weighted by molar-refractivity contribution is 0.245. The smallest absolute Gasteiger partial charge is 0.0948 e. The summed E-state index contributed by atoms with van der Waals surface area (Å²) in [6, 6.07) is 11.3. The molecule has 0 radical (unpaired) electrons. The van der Waals surface area contributed by atoms with Crippen molar-refractivity contribution in [1.82, 2.24) is 9.55 Å². The summed E-state index contributed by atoms with van der Waals surface area (Å²) in [5.41, 5.74) is 1.43. The van der Waals surface area contributed by atoms with Crippen LogP contribution in [0, 0.1) is 11.8 Å². The van der Waals surface area contributed by atoms with Crippen LogP contribution in [-0.2, 0) is 6.42 Å². The molecule has 102 valence electrons. The van der Waals surface area contributed by atoms with Crippen LogP contribution in [0.5, 0.6) is 0 Å². The van der Waals surface area contributed by atoms with Gasteiger partial charge in [0, 0.05) is 18.4 Å². The van der Waals surface area contributed by atoms with Crippen molar-refractivity contribution < 1.29 is 0 Å². The molecule has 2 unspecified atom stereocenters. The molecule has 1 aromatic heterocycles. The first-order valence-corrected chi connectivity index (χ1v) is 7.23. The van der Waals surface area contributed by atoms with Gasteiger partial charge in [-0.15, -0.1) is 0 Å². The van der Waals surface area contributed by atoms with E-state index in [9.17, 15) is 0 Å². The lowest BCUT2D eigenvalue weighted by Gasteiger charge is -2.31. The second-order valence-corrected chi connectivity index (χ2v) is 5.60. The van der Waals surface area contributed by atoms with E-state index in [0.717, 1.165) is 6.42 Å². The van der Waals surface area contributed by atoms with Crippen LogP contribution in [-0.4, -0.2) is 9.55 Å². The van der Waals surface area contributed by atoms with E-state index in [1.54, 1.807) is 0 Å². The average Bonchev–Trinajstić information content (AvgIpc) is 2.92. The van der Waals surface area contributed by atoms with Crippen molar-refractivity contribution in [2.24, 2.45) is 11.8 Å². The molecular formula is C17H24N2. The van der Waals surface area contributed by atoms with Crippen LogP contribution in [0.3, 0.4) is 0 Å². The molecule has 0 N–H and O–H groups in total. The van der Waals surface area contributed by atoms with Crippen LogP contribution in [0.4, 0.5) is 0 Å². The topological polar surface area (TPSA) is 17.8 Å². The second kappa shape index (κ2) is 6.55. The molecule has 2 nitrogen and oxygen atoms in total. The zero-order valence-corrected chi connectivity index (χ0v) is 12.2. The molecule has 0 saturated heterocycles. The minimum Gasteiger partial charge on any atom is -0.334 e. The second-order valence-electron chi connectivity index (χ2n) is 5.60. The quantitative estimate of drug-likeness (QED) is 0.751. The lowest BCUT2D eigenvalue weighted by atomic mass is 9.84. The largest absolute Gasteiger partial charge is 0.334 e. The number of hydrogen-bond donors (Lipinski definition) is 0. The SMILES string of the molecule is CCC(Cc1ccccc1)C(C(C)C)n1ccnc1. The van der Waals surface area contributed by atoms with Gasteiger partial charge in [0.1, 0.15) is 0 Å². The van der Waals surface area contributed by atoms with Crippen molar-refractivity contribution in [3.05, 3.63) is 54.6 Å². The third kappa shape index (κ3) is 3.46. The van der Waals surface area contributed by atoms with Crippen LogP contribution in [0.15, 0.2) is 49.1 Å². The Morgan fingerprint density at radius 3 is 2.42 bits per heavy atom. The van der Waals surface area contributed by atoms with Crippen LogP contribution in [0.1, 0.15) is 38.8 Å². The van der Waals surface area contributed by atoms with Gasteiger partial charge >= 0.3 is 0 Å². The first-order chi connectivity index (χ1) is 9.22. The van der Waals surface area contributed by atoms with E-state index in [2.05, 4.69) is 66.9 Å². The average molecular weight is 256 g/mol. The molecule has 19 heavy (non-hydrogen) atoms. The highest BCUT2D eigenvalue weighted by Gasteiger charge is 2.24. The molecule has 0 bridgehead atoms. The molecule has 0 saturated carbocycles. The number of hydrogen-bond acceptors (Lipinski definition) is 1. The normalized spacial score (nSPS) is 14.5. The molecule has 2 rings (SSSR count). The van der Waals surface area contributed by atoms with Gasteiger partial charge in [-0.3, -0.25) is 0 Å². The Morgan fingerprint density at radius 1 is 1.16 bits per heavy atom. The predicted octanol–water partition coefficient (Wildman–Crippen LogP) is 4.35. The fraction of sp³-hybridized carbons (Fsp3) is 0.471. The number of imidazole rings is 1. The van der Waals surface area contributed by atoms with E-state index in [4.69, 9.17) is 0 Å². The zero-order valence-electron chi connectivity index (χ0n) is 12.2. The Balaban J connectivity index is 2.18. The van der Waals surface area contributed by atoms with Crippen molar-refractivity contribution in [3.8, 4) is 0 Å². The standard InChI is InChI=1S/C17H24N2/c1-4-16(12-15-8-6-5-7-9-15)17(14(2)3)19-11-10-18-13-19/h5-11,13-14,16-17H,4,12H2,1-3H3. The third-order valence-corrected chi connectivity index (χ3v) is 3.90. The molecule has 0 fully saturated rings. The summed E-state index contributed by atoms with van der Waals surface area (Å²) in [6.07, 6.45) is 8.26. The first-order valence-electron chi connectivity index (χ1n) is 7.23. The molecule has 2 atom stereocenters. The zero-order chi connectivity index (χ0) is 13.7. The highest BCUT2D eigenvalue weighted by Crippen LogP contribution is 2.31. The van der Waals surface area contributed by atoms with E-state index in [-0.39, 0.29) is 0 Å². The predicted molar refractivity (Wildman–Crippen MR) is 80.0 cm³/mol. The van der Waals surface area contributed by atoms with E-state index >= 15 is 0 Å². The number of nitrogens with zero attached hydrogens (tertiary/aromatic N) is 2. The van der Waals surface area contributed by atoms with E-state index in [1.807, 2.05) is 12.5 Å². The maximum absolute atomic E-state index is 4.21. The summed E-state index contributed by atoms with van der Waals surface area (Å²) in [5.74, 6) is 1.26. The molecule has 2 heteroatoms. The van der Waals surface area contributed by atoms with Gasteiger partial charge in [0.25, 0.3) is 0 Å². The Bertz CT molecular complexity index is 459. The van der Waals surface area contributed by atoms with Gasteiger partial charge < -0.3 is 4.57 Å². The molecular weight excluding hydrogens is 232 g/mol. The van der Waals surface area contributed by atoms with Gasteiger partial charge in [0.05, 0.1) is 6.33 Å². The van der Waals surface area contributed by atoms with Gasteiger partial charge in [0.15, 0.2) is 0 Å². The highest BCUT2D eigenvalue weighted by atomic mass is 15.1. The van der Waals surface area contributed by atoms with Crippen molar-refractivity contribution in [2.75, 3.05) is 0 Å². The molecule has 1 aromatic carbocycles. The van der Waals surface area contributed by atoms with Crippen molar-refractivity contribution in [3.63, 3.8) is 0 Å². The van der Waals surface area contributed by atoms with Crippen LogP contribution in [0.25, 0.3) is 0 Å². The van der Waals surface area contributed by atoms with Gasteiger partial charge in [-0.05, 0) is 23.8 Å². The van der Waals surface area contributed by atoms with Crippen molar-refractivity contribution >= 4 is 0 Å². The van der Waals surface area contributed by atoms with Gasteiger partial charge in [-0.1, -0.05) is 57.5 Å². The summed E-state index contributed by atoms with van der Waals surface area (Å²) in [7, 11) is 0. The Labute approximate surface area is 116 Å². The van der Waals surface area contributed by atoms with E-state index in [0.29, 0.717) is 17.9 Å². The number of rotatable bonds is 6. The van der Waals surface area contributed by atoms with E-state index in [1.165, 1.54) is 12.0 Å². The van der Waals surface area contributed by atoms with Crippen LogP contribution < -0.4 is 0 Å². The fourth-order valence-electron chi connectivity index (χ4n) is 3.00. The summed E-state index contributed by atoms with van der Waals surface area (Å²) in [4.78, 5) is 4.21. The first kappa shape index (κ1) is 13.9. The number of benzene rings is 1. The molecule has 0 aliphatic heterocycles. The van der Waals surface area contributed by atoms with Crippen LogP contribution in [0.2, 0.25) is 0 Å². The maximum atomic E-state index is 4.21. The molecule has 0 amide bonds. The fourth-order valence-corrected chi connectivity index (χ4v) is 3.00. The Morgan fingerprint density at radius 2 is 1.89 bits per heavy atom. The molecule has 0 aliphatic carbocycles. The summed E-state index contributed by atoms with van der Waals surface area (Å²) >= 11 is 0. The van der Waals surface area contributed by atoms with Crippen molar-refractivity contribution in [2.45, 2.75) is 39.7 Å². The lowest BCUT2D eigenvalue weighted by Crippen LogP contribution is -2.24. The Hall–Kier alpha value is -1.57. The molecule has 1 heterocycles. The third-order valence-electron chi connectivity index (χ3n) is 3.90. The molecule has 2 aromatic rings. The minimum absolute atomic E-state index is 0.521.